The highest BCUT2D eigenvalue weighted by atomic mass is 32.1. The van der Waals surface area contributed by atoms with Crippen LogP contribution in [-0.2, 0) is 9.59 Å². The normalized spacial score (nSPS) is 21.4. The highest BCUT2D eigenvalue weighted by Gasteiger charge is 2.44. The number of pyridine rings is 1. The maximum atomic E-state index is 17.1. The van der Waals surface area contributed by atoms with E-state index in [0.717, 1.165) is 92.8 Å². The second-order valence-electron chi connectivity index (χ2n) is 23.9. The third kappa shape index (κ3) is 11.6. The molecule has 7 aromatic rings. The number of piperazine rings is 1. The molecule has 2 bridgehead atoms. The lowest BCUT2D eigenvalue weighted by Crippen LogP contribution is -2.51. The Morgan fingerprint density at radius 1 is 0.940 bits per heavy atom. The zero-order valence-electron chi connectivity index (χ0n) is 47.5. The largest absolute Gasteiger partial charge is 0.508 e. The summed E-state index contributed by atoms with van der Waals surface area (Å²) in [6, 6.07) is 14.0. The third-order valence-electron chi connectivity index (χ3n) is 18.0. The summed E-state index contributed by atoms with van der Waals surface area (Å²) in [5.41, 5.74) is 4.43. The van der Waals surface area contributed by atoms with E-state index in [9.17, 15) is 24.9 Å². The van der Waals surface area contributed by atoms with E-state index in [4.69, 9.17) is 20.7 Å². The summed E-state index contributed by atoms with van der Waals surface area (Å²) in [7, 11) is 0. The minimum absolute atomic E-state index is 0.00336. The lowest BCUT2D eigenvalue weighted by molar-refractivity contribution is -0.141. The summed E-state index contributed by atoms with van der Waals surface area (Å²) in [6.07, 6.45) is 13.9. The molecular formula is C63H71F2N11O7S. The highest BCUT2D eigenvalue weighted by Crippen LogP contribution is 2.41. The van der Waals surface area contributed by atoms with Gasteiger partial charge in [-0.2, -0.15) is 9.97 Å². The summed E-state index contributed by atoms with van der Waals surface area (Å²) in [5.74, 6) is 1.98. The number of ether oxygens (including phenoxy) is 1. The van der Waals surface area contributed by atoms with Crippen molar-refractivity contribution in [3.8, 4) is 45.8 Å². The van der Waals surface area contributed by atoms with Gasteiger partial charge in [0, 0.05) is 81.0 Å². The van der Waals surface area contributed by atoms with Crippen LogP contribution in [0.15, 0.2) is 70.8 Å². The Morgan fingerprint density at radius 2 is 1.68 bits per heavy atom. The number of nitrogens with one attached hydrogen (secondary N) is 2. The topological polar surface area (TPSA) is 219 Å². The van der Waals surface area contributed by atoms with Crippen LogP contribution in [-0.4, -0.2) is 152 Å². The number of phenols is 1. The molecule has 5 fully saturated rings. The number of terminal acetylenes is 1. The maximum absolute atomic E-state index is 17.1. The van der Waals surface area contributed by atoms with Gasteiger partial charge in [-0.15, -0.1) is 17.8 Å². The van der Waals surface area contributed by atoms with E-state index in [2.05, 4.69) is 51.4 Å². The smallest absolute Gasteiger partial charge is 0.319 e. The fourth-order valence-electron chi connectivity index (χ4n) is 13.6. The monoisotopic (exact) mass is 1160 g/mol. The van der Waals surface area contributed by atoms with Crippen LogP contribution in [0.2, 0.25) is 0 Å². The molecule has 9 heterocycles. The summed E-state index contributed by atoms with van der Waals surface area (Å²) in [6.45, 7) is 11.3. The Balaban J connectivity index is 0.640. The van der Waals surface area contributed by atoms with Crippen molar-refractivity contribution < 1.29 is 42.9 Å². The number of fused-ring (bicyclic) bond motifs is 4. The van der Waals surface area contributed by atoms with Crippen LogP contribution in [0.4, 0.5) is 20.4 Å². The molecule has 5 aliphatic heterocycles. The lowest BCUT2D eigenvalue weighted by atomic mass is 9.83. The SMILES string of the molecule is C#Cc1c(F)ccc2cc(O)cc(-c3ncc4c(N5CC6CCC(C5)N6)nc(OCCN5CCC(CC6CCN(c7cc([C@H](C(=O)N8C[C@H](O)C[C@H]8C(=O)N[C@@H](CO)c8ccc(-c9scnc9C)cc8)C(C)C)on7)CC6)CC5)nc4c3F)c12. The zero-order chi connectivity index (χ0) is 58.3. The molecule has 5 saturated heterocycles. The molecule has 21 heteroatoms. The Labute approximate surface area is 490 Å². The van der Waals surface area contributed by atoms with Gasteiger partial charge in [-0.1, -0.05) is 55.3 Å². The molecule has 2 amide bonds. The number of thiazole rings is 1. The number of hydrogen-bond acceptors (Lipinski definition) is 17. The number of aliphatic hydroxyl groups excluding tert-OH is 2. The van der Waals surface area contributed by atoms with E-state index in [1.54, 1.807) is 23.0 Å². The summed E-state index contributed by atoms with van der Waals surface area (Å²) < 4.78 is 44.4. The molecule has 5 aliphatic rings. The number of aromatic hydroxyl groups is 1. The number of aryl methyl sites for hydroxylation is 1. The van der Waals surface area contributed by atoms with E-state index < -0.39 is 41.6 Å². The molecular weight excluding hydrogens is 1090 g/mol. The summed E-state index contributed by atoms with van der Waals surface area (Å²) >= 11 is 1.55. The first-order valence-electron chi connectivity index (χ1n) is 29.5. The molecule has 6 atom stereocenters. The van der Waals surface area contributed by atoms with Crippen molar-refractivity contribution >= 4 is 56.5 Å². The molecule has 18 nitrogen and oxygen atoms in total. The van der Waals surface area contributed by atoms with Crippen molar-refractivity contribution in [2.24, 2.45) is 17.8 Å². The number of aromatic nitrogens is 5. The van der Waals surface area contributed by atoms with E-state index in [-0.39, 0.29) is 83.0 Å². The number of halogens is 2. The lowest BCUT2D eigenvalue weighted by Gasteiger charge is -2.36. The predicted octanol–water partition coefficient (Wildman–Crippen LogP) is 8.12. The van der Waals surface area contributed by atoms with Crippen LogP contribution in [0.25, 0.3) is 43.4 Å². The third-order valence-corrected chi connectivity index (χ3v) is 19.0. The number of β-amino-alcohol motifs (C(OH)–C–C–N with tert-alkyl or cyclic N) is 1. The first-order chi connectivity index (χ1) is 40.7. The molecule has 0 radical (unpaired) electrons. The van der Waals surface area contributed by atoms with Crippen LogP contribution in [0.3, 0.4) is 0 Å². The second kappa shape index (κ2) is 24.3. The number of amides is 2. The van der Waals surface area contributed by atoms with Gasteiger partial charge in [0.15, 0.2) is 17.4 Å². The van der Waals surface area contributed by atoms with E-state index in [1.807, 2.05) is 51.1 Å². The van der Waals surface area contributed by atoms with Crippen LogP contribution in [0, 0.1) is 48.7 Å². The van der Waals surface area contributed by atoms with Gasteiger partial charge in [0.25, 0.3) is 0 Å². The van der Waals surface area contributed by atoms with Gasteiger partial charge in [0.2, 0.25) is 11.8 Å². The molecule has 4 aromatic heterocycles. The average molecular weight is 1160 g/mol. The number of rotatable bonds is 17. The molecule has 84 heavy (non-hydrogen) atoms. The van der Waals surface area contributed by atoms with Gasteiger partial charge in [0.05, 0.1) is 45.8 Å². The summed E-state index contributed by atoms with van der Waals surface area (Å²) in [4.78, 5) is 56.1. The quantitative estimate of drug-likeness (QED) is 0.0544. The van der Waals surface area contributed by atoms with Crippen molar-refractivity contribution in [2.75, 3.05) is 75.4 Å². The van der Waals surface area contributed by atoms with Crippen molar-refractivity contribution in [3.05, 3.63) is 101 Å². The number of nitrogens with zero attached hydrogens (tertiary/aromatic N) is 9. The Hall–Kier alpha value is -7.35. The van der Waals surface area contributed by atoms with Crippen molar-refractivity contribution in [3.63, 3.8) is 0 Å². The fourth-order valence-corrected chi connectivity index (χ4v) is 14.4. The van der Waals surface area contributed by atoms with Gasteiger partial charge in [0.1, 0.15) is 47.2 Å². The van der Waals surface area contributed by atoms with Gasteiger partial charge in [-0.25, -0.2) is 13.8 Å². The molecule has 0 saturated carbocycles. The summed E-state index contributed by atoms with van der Waals surface area (Å²) in [5, 5.41) is 44.1. The number of carbonyl (C=O) groups excluding carboxylic acids is 2. The fraction of sp³-hybridized carbons (Fsp3) is 0.476. The number of piperidine rings is 2. The van der Waals surface area contributed by atoms with E-state index in [0.29, 0.717) is 66.2 Å². The van der Waals surface area contributed by atoms with Gasteiger partial charge < -0.3 is 49.9 Å². The van der Waals surface area contributed by atoms with E-state index >= 15 is 8.78 Å². The van der Waals surface area contributed by atoms with Crippen LogP contribution in [0.1, 0.15) is 99.8 Å². The number of likely N-dealkylation sites (tertiary alicyclic amines) is 2. The van der Waals surface area contributed by atoms with Gasteiger partial charge >= 0.3 is 6.01 Å². The number of phenolic OH excluding ortho intramolecular Hbond substituents is 1. The Morgan fingerprint density at radius 3 is 2.37 bits per heavy atom. The number of benzene rings is 3. The van der Waals surface area contributed by atoms with Crippen LogP contribution < -0.4 is 25.2 Å². The zero-order valence-corrected chi connectivity index (χ0v) is 48.3. The number of aliphatic hydroxyl groups is 2. The first-order valence-corrected chi connectivity index (χ1v) is 30.3. The van der Waals surface area contributed by atoms with Crippen molar-refractivity contribution in [2.45, 2.75) is 108 Å². The molecule has 12 rings (SSSR count). The van der Waals surface area contributed by atoms with E-state index in [1.165, 1.54) is 29.2 Å². The molecule has 5 N–H and O–H groups in total. The number of hydrogen-bond donors (Lipinski definition) is 5. The molecule has 0 spiro atoms. The first kappa shape index (κ1) is 57.1. The minimum Gasteiger partial charge on any atom is -0.508 e. The Bertz CT molecular complexity index is 3590. The maximum Gasteiger partial charge on any atom is 0.319 e. The van der Waals surface area contributed by atoms with Gasteiger partial charge in [-0.05, 0) is 117 Å². The second-order valence-corrected chi connectivity index (χ2v) is 24.7. The van der Waals surface area contributed by atoms with Gasteiger partial charge in [-0.3, -0.25) is 19.5 Å². The standard InChI is InChI=1S/C63H71F2N11O7S/c1-5-46-49(64)13-10-41-25-44(78)26-47(55(41)46)57-56(65)58-48(29-66-57)60(75-30-42-11-12-43(31-75)68-42)71-63(70-58)82-23-22-73-18-14-37(15-19-73)24-38-16-20-74(21-17-38)53-28-52(83-72-53)54(35(2)3)62(81)76-32-45(79)27-51(76)61(80)69-50(33-77)39-6-8-40(9-7-39)59-36(4)67-34-84-59/h1,6-10,13,25-26,28-29,34-35,37-38,42-43,45,50-51,54,68,77-79H,11-12,14-24,27,30-33H2,2-4H3,(H,69,80)/t42?,43?,45-,50+,51+,54-/m1/s1. The Kier molecular flexibility index (Phi) is 16.5. The van der Waals surface area contributed by atoms with Crippen LogP contribution >= 0.6 is 11.3 Å². The molecule has 440 valence electrons. The highest BCUT2D eigenvalue weighted by molar-refractivity contribution is 7.13. The number of anilines is 2. The van der Waals surface area contributed by atoms with Crippen LogP contribution in [0.5, 0.6) is 11.8 Å². The average Bonchev–Trinajstić information content (AvgIpc) is 4.30. The molecule has 2 unspecified atom stereocenters. The predicted molar refractivity (Wildman–Crippen MR) is 317 cm³/mol. The molecule has 0 aliphatic carbocycles. The minimum atomic E-state index is -0.933. The van der Waals surface area contributed by atoms with Crippen molar-refractivity contribution in [1.82, 2.24) is 45.5 Å². The van der Waals surface area contributed by atoms with Crippen molar-refractivity contribution in [1.29, 1.82) is 0 Å². The number of carbonyl (C=O) groups is 2. The molecule has 3 aromatic carbocycles.